The Hall–Kier alpha value is -5.87. The highest BCUT2D eigenvalue weighted by atomic mass is 16.5. The number of allylic oxidation sites excluding steroid dienone is 4. The summed E-state index contributed by atoms with van der Waals surface area (Å²) in [5.74, 6) is -0.395. The molecule has 0 saturated heterocycles. The second kappa shape index (κ2) is 15.6. The summed E-state index contributed by atoms with van der Waals surface area (Å²) < 4.78 is 5.34. The van der Waals surface area contributed by atoms with Crippen molar-refractivity contribution in [2.45, 2.75) is 34.3 Å². The van der Waals surface area contributed by atoms with E-state index in [1.54, 1.807) is 6.92 Å². The van der Waals surface area contributed by atoms with Crippen molar-refractivity contribution >= 4 is 34.4 Å². The largest absolute Gasteiger partial charge is 0.457 e. The van der Waals surface area contributed by atoms with Gasteiger partial charge in [0.1, 0.15) is 6.61 Å². The molecule has 5 aromatic rings. The van der Waals surface area contributed by atoms with Gasteiger partial charge in [0.15, 0.2) is 0 Å². The van der Waals surface area contributed by atoms with Crippen molar-refractivity contribution in [3.8, 4) is 11.1 Å². The van der Waals surface area contributed by atoms with Crippen LogP contribution in [0, 0.1) is 6.92 Å². The van der Waals surface area contributed by atoms with Gasteiger partial charge in [0.25, 0.3) is 0 Å². The van der Waals surface area contributed by atoms with Crippen molar-refractivity contribution in [2.24, 2.45) is 0 Å². The molecule has 4 heteroatoms. The Morgan fingerprint density at radius 3 is 1.62 bits per heavy atom. The Morgan fingerprint density at radius 1 is 0.646 bits per heavy atom. The number of ether oxygens (including phenoxy) is 1. The number of hydrogen-bond donors (Lipinski definition) is 0. The molecule has 48 heavy (non-hydrogen) atoms. The molecule has 0 spiro atoms. The number of anilines is 5. The van der Waals surface area contributed by atoms with E-state index in [1.165, 1.54) is 11.1 Å². The third-order valence-electron chi connectivity index (χ3n) is 7.86. The lowest BCUT2D eigenvalue weighted by molar-refractivity contribution is -0.140. The molecule has 0 atom stereocenters. The minimum absolute atomic E-state index is 0.190. The predicted molar refractivity (Wildman–Crippen MR) is 202 cm³/mol. The molecule has 0 fully saturated rings. The van der Waals surface area contributed by atoms with Crippen LogP contribution < -0.4 is 9.80 Å². The fourth-order valence-corrected chi connectivity index (χ4v) is 5.27. The van der Waals surface area contributed by atoms with E-state index >= 15 is 0 Å². The number of aryl methyl sites for hydroxylation is 1. The number of esters is 1. The molecule has 0 aliphatic heterocycles. The SMILES string of the molecule is C=C/C(=C\C=C(C)C)N(c1ccc(COC(=O)C(=C)C)cc1)c1ccc(-c2ccc(N(c3ccccc3)c3ccc(C)cc3)cc2)cc1. The minimum atomic E-state index is -0.395. The first-order chi connectivity index (χ1) is 23.2. The monoisotopic (exact) mass is 630 g/mol. The molecular formula is C44H42N2O2. The molecule has 0 bridgehead atoms. The van der Waals surface area contributed by atoms with Crippen LogP contribution in [-0.4, -0.2) is 5.97 Å². The average molecular weight is 631 g/mol. The van der Waals surface area contributed by atoms with Crippen LogP contribution in [0.25, 0.3) is 11.1 Å². The average Bonchev–Trinajstić information content (AvgIpc) is 3.11. The lowest BCUT2D eigenvalue weighted by Crippen LogP contribution is -2.15. The third-order valence-corrected chi connectivity index (χ3v) is 7.86. The fraction of sp³-hybridized carbons (Fsp3) is 0.114. The highest BCUT2D eigenvalue weighted by Crippen LogP contribution is 2.37. The summed E-state index contributed by atoms with van der Waals surface area (Å²) in [6, 6.07) is 44.3. The molecule has 0 heterocycles. The van der Waals surface area contributed by atoms with E-state index in [2.05, 4.69) is 153 Å². The van der Waals surface area contributed by atoms with Crippen molar-refractivity contribution in [3.63, 3.8) is 0 Å². The normalized spacial score (nSPS) is 11.0. The van der Waals surface area contributed by atoms with Gasteiger partial charge in [-0.05, 0) is 117 Å². The van der Waals surface area contributed by atoms with E-state index in [4.69, 9.17) is 4.74 Å². The molecule has 240 valence electrons. The zero-order valence-corrected chi connectivity index (χ0v) is 28.2. The van der Waals surface area contributed by atoms with Gasteiger partial charge in [-0.1, -0.05) is 97.1 Å². The van der Waals surface area contributed by atoms with Crippen molar-refractivity contribution in [1.82, 2.24) is 0 Å². The molecule has 0 saturated carbocycles. The number of benzene rings is 5. The minimum Gasteiger partial charge on any atom is -0.457 e. The smallest absolute Gasteiger partial charge is 0.333 e. The maximum absolute atomic E-state index is 11.9. The number of carbonyl (C=O) groups excluding carboxylic acids is 1. The van der Waals surface area contributed by atoms with Gasteiger partial charge in [0.05, 0.1) is 0 Å². The van der Waals surface area contributed by atoms with Crippen LogP contribution in [0.15, 0.2) is 176 Å². The van der Waals surface area contributed by atoms with Crippen molar-refractivity contribution in [1.29, 1.82) is 0 Å². The van der Waals surface area contributed by atoms with Crippen LogP contribution in [0.2, 0.25) is 0 Å². The van der Waals surface area contributed by atoms with E-state index in [-0.39, 0.29) is 6.61 Å². The molecule has 5 aromatic carbocycles. The van der Waals surface area contributed by atoms with Crippen molar-refractivity contribution in [3.05, 3.63) is 187 Å². The zero-order chi connectivity index (χ0) is 34.0. The van der Waals surface area contributed by atoms with Crippen molar-refractivity contribution in [2.75, 3.05) is 9.80 Å². The Bertz CT molecular complexity index is 1910. The lowest BCUT2D eigenvalue weighted by Gasteiger charge is -2.27. The number of rotatable bonds is 12. The summed E-state index contributed by atoms with van der Waals surface area (Å²) in [7, 11) is 0. The maximum atomic E-state index is 11.9. The van der Waals surface area contributed by atoms with Gasteiger partial charge in [-0.2, -0.15) is 0 Å². The molecule has 4 nitrogen and oxygen atoms in total. The van der Waals surface area contributed by atoms with Gasteiger partial charge in [-0.15, -0.1) is 0 Å². The Balaban J connectivity index is 1.43. The van der Waals surface area contributed by atoms with Gasteiger partial charge in [0.2, 0.25) is 0 Å². The van der Waals surface area contributed by atoms with Gasteiger partial charge in [-0.3, -0.25) is 0 Å². The van der Waals surface area contributed by atoms with Crippen LogP contribution in [-0.2, 0) is 16.1 Å². The third kappa shape index (κ3) is 8.28. The van der Waals surface area contributed by atoms with E-state index < -0.39 is 5.97 Å². The van der Waals surface area contributed by atoms with E-state index in [9.17, 15) is 4.79 Å². The summed E-state index contributed by atoms with van der Waals surface area (Å²) in [5, 5.41) is 0. The Kier molecular flexibility index (Phi) is 10.9. The molecule has 5 rings (SSSR count). The van der Waals surface area contributed by atoms with Crippen LogP contribution in [0.4, 0.5) is 28.4 Å². The maximum Gasteiger partial charge on any atom is 0.333 e. The van der Waals surface area contributed by atoms with Crippen molar-refractivity contribution < 1.29 is 9.53 Å². The van der Waals surface area contributed by atoms with Crippen LogP contribution in [0.1, 0.15) is 31.9 Å². The summed E-state index contributed by atoms with van der Waals surface area (Å²) >= 11 is 0. The highest BCUT2D eigenvalue weighted by molar-refractivity contribution is 5.87. The molecular weight excluding hydrogens is 588 g/mol. The summed E-state index contributed by atoms with van der Waals surface area (Å²) in [6.45, 7) is 15.9. The standard InChI is InChI=1S/C44H42N2O2/c1-7-38(22-13-32(2)3)45(41-25-16-35(17-26-41)31-48-44(47)33(4)5)42-27-18-36(19-28-42)37-20-29-43(30-21-37)46(39-11-9-8-10-12-39)40-23-14-34(6)15-24-40/h7-30H,1,4,31H2,2-3,5-6H3/b38-22+. The number of nitrogens with zero attached hydrogens (tertiary/aromatic N) is 2. The number of para-hydroxylation sites is 1. The van der Waals surface area contributed by atoms with Crippen LogP contribution in [0.3, 0.4) is 0 Å². The summed E-state index contributed by atoms with van der Waals surface area (Å²) in [6.07, 6.45) is 6.02. The molecule has 0 aromatic heterocycles. The zero-order valence-electron chi connectivity index (χ0n) is 28.2. The van der Waals surface area contributed by atoms with E-state index in [0.29, 0.717) is 5.57 Å². The molecule has 0 aliphatic rings. The first kappa shape index (κ1) is 33.5. The molecule has 0 amide bonds. The van der Waals surface area contributed by atoms with Gasteiger partial charge in [0, 0.05) is 39.7 Å². The quantitative estimate of drug-likeness (QED) is 0.0780. The Morgan fingerprint density at radius 2 is 1.12 bits per heavy atom. The Labute approximate surface area is 285 Å². The second-order valence-electron chi connectivity index (χ2n) is 12.0. The topological polar surface area (TPSA) is 32.8 Å². The first-order valence-electron chi connectivity index (χ1n) is 16.0. The molecule has 0 N–H and O–H groups in total. The first-order valence-corrected chi connectivity index (χ1v) is 16.0. The van der Waals surface area contributed by atoms with Gasteiger partial charge >= 0.3 is 5.97 Å². The summed E-state index contributed by atoms with van der Waals surface area (Å²) in [4.78, 5) is 16.3. The van der Waals surface area contributed by atoms with Gasteiger partial charge < -0.3 is 14.5 Å². The number of hydrogen-bond acceptors (Lipinski definition) is 4. The van der Waals surface area contributed by atoms with E-state index in [0.717, 1.165) is 50.8 Å². The van der Waals surface area contributed by atoms with Gasteiger partial charge in [-0.25, -0.2) is 4.79 Å². The lowest BCUT2D eigenvalue weighted by atomic mass is 10.0. The highest BCUT2D eigenvalue weighted by Gasteiger charge is 2.15. The van der Waals surface area contributed by atoms with Crippen LogP contribution in [0.5, 0.6) is 0 Å². The molecule has 0 aliphatic carbocycles. The second-order valence-corrected chi connectivity index (χ2v) is 12.0. The molecule has 0 unspecified atom stereocenters. The fourth-order valence-electron chi connectivity index (χ4n) is 5.27. The number of carbonyl (C=O) groups is 1. The van der Waals surface area contributed by atoms with E-state index in [1.807, 2.05) is 36.4 Å². The predicted octanol–water partition coefficient (Wildman–Crippen LogP) is 11.9. The summed E-state index contributed by atoms with van der Waals surface area (Å²) in [5.41, 5.74) is 12.2. The van der Waals surface area contributed by atoms with Crippen LogP contribution >= 0.6 is 0 Å². The molecule has 0 radical (unpaired) electrons.